The fourth-order valence-corrected chi connectivity index (χ4v) is 4.37. The molecule has 1 atom stereocenters. The van der Waals surface area contributed by atoms with Crippen molar-refractivity contribution < 1.29 is 14.3 Å². The Balaban J connectivity index is 1.89. The molecule has 0 fully saturated rings. The van der Waals surface area contributed by atoms with Gasteiger partial charge in [0.15, 0.2) is 11.5 Å². The van der Waals surface area contributed by atoms with Gasteiger partial charge in [0.1, 0.15) is 0 Å². The summed E-state index contributed by atoms with van der Waals surface area (Å²) in [6.45, 7) is 3.97. The highest BCUT2D eigenvalue weighted by atomic mass is 35.5. The molecule has 1 aliphatic rings. The van der Waals surface area contributed by atoms with Crippen LogP contribution in [0.1, 0.15) is 36.6 Å². The predicted molar refractivity (Wildman–Crippen MR) is 134 cm³/mol. The molecule has 0 aromatic heterocycles. The molecule has 0 bridgehead atoms. The van der Waals surface area contributed by atoms with Gasteiger partial charge in [-0.3, -0.25) is 4.79 Å². The number of carbonyl (C=O) groups excluding carboxylic acids is 1. The highest BCUT2D eigenvalue weighted by molar-refractivity contribution is 6.30. The fourth-order valence-electron chi connectivity index (χ4n) is 4.24. The molecule has 0 radical (unpaired) electrons. The van der Waals surface area contributed by atoms with Crippen molar-refractivity contribution in [1.82, 2.24) is 0 Å². The van der Waals surface area contributed by atoms with Crippen molar-refractivity contribution in [1.29, 1.82) is 0 Å². The number of nitrogens with zero attached hydrogens (tertiary/aromatic N) is 2. The van der Waals surface area contributed by atoms with E-state index in [0.29, 0.717) is 16.5 Å². The van der Waals surface area contributed by atoms with E-state index in [0.717, 1.165) is 28.1 Å². The average Bonchev–Trinajstić information content (AvgIpc) is 2.78. The third-order valence-electron chi connectivity index (χ3n) is 5.78. The van der Waals surface area contributed by atoms with Crippen molar-refractivity contribution in [3.8, 4) is 11.5 Å². The molecule has 1 aliphatic heterocycles. The van der Waals surface area contributed by atoms with Crippen LogP contribution in [0.4, 0.5) is 11.4 Å². The van der Waals surface area contributed by atoms with E-state index in [1.807, 2.05) is 98.4 Å². The molecule has 33 heavy (non-hydrogen) atoms. The number of benzene rings is 3. The summed E-state index contributed by atoms with van der Waals surface area (Å²) in [7, 11) is 5.61. The van der Waals surface area contributed by atoms with Crippen LogP contribution in [0.3, 0.4) is 0 Å². The Hall–Kier alpha value is -3.18. The molecule has 0 saturated carbocycles. The molecule has 6 heteroatoms. The van der Waals surface area contributed by atoms with E-state index in [9.17, 15) is 4.79 Å². The Labute approximate surface area is 200 Å². The Kier molecular flexibility index (Phi) is 6.52. The van der Waals surface area contributed by atoms with E-state index in [2.05, 4.69) is 0 Å². The van der Waals surface area contributed by atoms with E-state index in [1.165, 1.54) is 0 Å². The summed E-state index contributed by atoms with van der Waals surface area (Å²) in [6.07, 6.45) is 0.276. The van der Waals surface area contributed by atoms with Crippen molar-refractivity contribution in [2.45, 2.75) is 32.4 Å². The molecule has 172 valence electrons. The lowest BCUT2D eigenvalue weighted by molar-refractivity contribution is -0.118. The molecule has 0 spiro atoms. The Morgan fingerprint density at radius 1 is 1.00 bits per heavy atom. The zero-order valence-electron chi connectivity index (χ0n) is 19.6. The molecular weight excluding hydrogens is 436 g/mol. The number of hydrogen-bond donors (Lipinski definition) is 0. The summed E-state index contributed by atoms with van der Waals surface area (Å²) in [5, 5.41) is 0.654. The van der Waals surface area contributed by atoms with Crippen LogP contribution in [-0.4, -0.2) is 33.2 Å². The van der Waals surface area contributed by atoms with Gasteiger partial charge >= 0.3 is 0 Å². The van der Waals surface area contributed by atoms with E-state index in [-0.39, 0.29) is 24.5 Å². The van der Waals surface area contributed by atoms with Crippen molar-refractivity contribution >= 4 is 28.9 Å². The SMILES string of the molecule is COc1cc2c(cc1OC(C)C)[C@H](c1ccc(Cl)cc1)N(c1ccc(N(C)C)cc1)C(=O)C2. The van der Waals surface area contributed by atoms with Gasteiger partial charge in [0.2, 0.25) is 5.91 Å². The minimum absolute atomic E-state index is 0.00849. The van der Waals surface area contributed by atoms with Gasteiger partial charge in [-0.1, -0.05) is 23.7 Å². The first-order chi connectivity index (χ1) is 15.8. The lowest BCUT2D eigenvalue weighted by atomic mass is 9.86. The van der Waals surface area contributed by atoms with Gasteiger partial charge in [-0.15, -0.1) is 0 Å². The zero-order valence-corrected chi connectivity index (χ0v) is 20.4. The number of fused-ring (bicyclic) bond motifs is 1. The standard InChI is InChI=1S/C27H29ClN2O3/c1-17(2)33-25-16-23-19(14-24(25)32-5)15-26(31)30(22-12-10-21(11-13-22)29(3)4)27(23)18-6-8-20(28)9-7-18/h6-14,16-17,27H,15H2,1-5H3/t27-/m0/s1. The summed E-state index contributed by atoms with van der Waals surface area (Å²) in [5.74, 6) is 1.33. The number of hydrogen-bond acceptors (Lipinski definition) is 4. The summed E-state index contributed by atoms with van der Waals surface area (Å²) in [4.78, 5) is 17.4. The van der Waals surface area contributed by atoms with Crippen LogP contribution >= 0.6 is 11.6 Å². The quantitative estimate of drug-likeness (QED) is 0.456. The van der Waals surface area contributed by atoms with Crippen LogP contribution in [0.2, 0.25) is 5.02 Å². The van der Waals surface area contributed by atoms with Gasteiger partial charge in [-0.05, 0) is 79.1 Å². The fraction of sp³-hybridized carbons (Fsp3) is 0.296. The molecule has 0 unspecified atom stereocenters. The van der Waals surface area contributed by atoms with Crippen LogP contribution in [-0.2, 0) is 11.2 Å². The highest BCUT2D eigenvalue weighted by Crippen LogP contribution is 2.44. The van der Waals surface area contributed by atoms with E-state index >= 15 is 0 Å². The molecule has 3 aromatic rings. The molecule has 4 rings (SSSR count). The third kappa shape index (κ3) is 4.64. The zero-order chi connectivity index (χ0) is 23.7. The van der Waals surface area contributed by atoms with Crippen molar-refractivity contribution in [2.75, 3.05) is 31.0 Å². The van der Waals surface area contributed by atoms with Crippen LogP contribution in [0.25, 0.3) is 0 Å². The number of methoxy groups -OCH3 is 1. The van der Waals surface area contributed by atoms with Gasteiger partial charge < -0.3 is 19.3 Å². The summed E-state index contributed by atoms with van der Waals surface area (Å²) >= 11 is 6.18. The summed E-state index contributed by atoms with van der Waals surface area (Å²) < 4.78 is 11.6. The van der Waals surface area contributed by atoms with E-state index in [4.69, 9.17) is 21.1 Å². The van der Waals surface area contributed by atoms with Gasteiger partial charge in [0, 0.05) is 30.5 Å². The van der Waals surface area contributed by atoms with Gasteiger partial charge in [0.05, 0.1) is 25.7 Å². The van der Waals surface area contributed by atoms with Crippen LogP contribution < -0.4 is 19.3 Å². The van der Waals surface area contributed by atoms with Gasteiger partial charge in [-0.2, -0.15) is 0 Å². The van der Waals surface area contributed by atoms with Crippen molar-refractivity contribution in [3.63, 3.8) is 0 Å². The Morgan fingerprint density at radius 3 is 2.24 bits per heavy atom. The second-order valence-corrected chi connectivity index (χ2v) is 9.11. The average molecular weight is 465 g/mol. The first kappa shape index (κ1) is 23.0. The summed E-state index contributed by atoms with van der Waals surface area (Å²) in [5.41, 5.74) is 4.85. The molecular formula is C27H29ClN2O3. The normalized spacial score (nSPS) is 15.4. The molecule has 1 amide bonds. The summed E-state index contributed by atoms with van der Waals surface area (Å²) in [6, 6.07) is 19.3. The molecule has 3 aromatic carbocycles. The third-order valence-corrected chi connectivity index (χ3v) is 6.03. The molecule has 0 saturated heterocycles. The Morgan fingerprint density at radius 2 is 1.67 bits per heavy atom. The van der Waals surface area contributed by atoms with Crippen LogP contribution in [0.5, 0.6) is 11.5 Å². The van der Waals surface area contributed by atoms with Crippen molar-refractivity contribution in [3.05, 3.63) is 82.4 Å². The van der Waals surface area contributed by atoms with Crippen LogP contribution in [0, 0.1) is 0 Å². The first-order valence-electron chi connectivity index (χ1n) is 11.0. The first-order valence-corrected chi connectivity index (χ1v) is 11.4. The minimum atomic E-state index is -0.316. The maximum absolute atomic E-state index is 13.5. The number of rotatable bonds is 6. The highest BCUT2D eigenvalue weighted by Gasteiger charge is 2.36. The van der Waals surface area contributed by atoms with Gasteiger partial charge in [0.25, 0.3) is 0 Å². The molecule has 5 nitrogen and oxygen atoms in total. The maximum Gasteiger partial charge on any atom is 0.232 e. The number of amides is 1. The lowest BCUT2D eigenvalue weighted by Gasteiger charge is -2.38. The molecule has 0 N–H and O–H groups in total. The molecule has 1 heterocycles. The maximum atomic E-state index is 13.5. The number of carbonyl (C=O) groups is 1. The topological polar surface area (TPSA) is 42.0 Å². The van der Waals surface area contributed by atoms with E-state index < -0.39 is 0 Å². The lowest BCUT2D eigenvalue weighted by Crippen LogP contribution is -2.41. The van der Waals surface area contributed by atoms with Crippen molar-refractivity contribution in [2.24, 2.45) is 0 Å². The monoisotopic (exact) mass is 464 g/mol. The van der Waals surface area contributed by atoms with Crippen LogP contribution in [0.15, 0.2) is 60.7 Å². The second-order valence-electron chi connectivity index (χ2n) is 8.67. The Bertz CT molecular complexity index is 1140. The van der Waals surface area contributed by atoms with E-state index in [1.54, 1.807) is 7.11 Å². The smallest absolute Gasteiger partial charge is 0.232 e. The second kappa shape index (κ2) is 9.36. The number of halogens is 1. The predicted octanol–water partition coefficient (Wildman–Crippen LogP) is 5.88. The largest absolute Gasteiger partial charge is 0.493 e. The number of ether oxygens (including phenoxy) is 2. The minimum Gasteiger partial charge on any atom is -0.493 e. The van der Waals surface area contributed by atoms with Gasteiger partial charge in [-0.25, -0.2) is 0 Å². The number of anilines is 2. The molecule has 0 aliphatic carbocycles.